The Labute approximate surface area is 272 Å². The van der Waals surface area contributed by atoms with E-state index in [-0.39, 0.29) is 22.3 Å². The van der Waals surface area contributed by atoms with E-state index >= 15 is 0 Å². The van der Waals surface area contributed by atoms with Gasteiger partial charge in [-0.15, -0.1) is 10.2 Å². The Bertz CT molecular complexity index is 1930. The number of aliphatic hydroxyl groups excluding tert-OH is 1. The number of aromatic nitrogens is 2. The van der Waals surface area contributed by atoms with Gasteiger partial charge in [0.15, 0.2) is 4.34 Å². The first-order valence-corrected chi connectivity index (χ1v) is 16.0. The molecule has 1 aliphatic rings. The van der Waals surface area contributed by atoms with Crippen LogP contribution in [0.4, 0.5) is 9.52 Å². The molecular weight excluding hydrogens is 633 g/mol. The summed E-state index contributed by atoms with van der Waals surface area (Å²) in [7, 11) is 0. The number of rotatable bonds is 9. The second-order valence-electron chi connectivity index (χ2n) is 10.2. The van der Waals surface area contributed by atoms with Crippen LogP contribution in [0.5, 0.6) is 5.75 Å². The molecule has 1 saturated heterocycles. The third kappa shape index (κ3) is 6.49. The van der Waals surface area contributed by atoms with E-state index in [1.807, 2.05) is 31.2 Å². The maximum Gasteiger partial charge on any atom is 0.301 e. The van der Waals surface area contributed by atoms with Gasteiger partial charge in [0.1, 0.15) is 23.9 Å². The van der Waals surface area contributed by atoms with Crippen molar-refractivity contribution in [3.63, 3.8) is 0 Å². The molecule has 1 aliphatic heterocycles. The van der Waals surface area contributed by atoms with E-state index in [0.29, 0.717) is 44.2 Å². The van der Waals surface area contributed by atoms with E-state index in [0.717, 1.165) is 22.5 Å². The van der Waals surface area contributed by atoms with Gasteiger partial charge < -0.3 is 9.84 Å². The summed E-state index contributed by atoms with van der Waals surface area (Å²) in [4.78, 5) is 28.3. The molecule has 1 N–H and O–H groups in total. The fourth-order valence-corrected chi connectivity index (χ4v) is 6.99. The molecule has 6 rings (SSSR count). The lowest BCUT2D eigenvalue weighted by Crippen LogP contribution is -2.29. The molecule has 45 heavy (non-hydrogen) atoms. The van der Waals surface area contributed by atoms with E-state index < -0.39 is 17.7 Å². The zero-order chi connectivity index (χ0) is 31.5. The highest BCUT2D eigenvalue weighted by molar-refractivity contribution is 8.00. The minimum atomic E-state index is -1.02. The first kappa shape index (κ1) is 30.5. The van der Waals surface area contributed by atoms with E-state index in [1.54, 1.807) is 66.7 Å². The molecule has 1 unspecified atom stereocenters. The molecule has 7 nitrogen and oxygen atoms in total. The van der Waals surface area contributed by atoms with Crippen molar-refractivity contribution in [2.24, 2.45) is 0 Å². The van der Waals surface area contributed by atoms with Crippen LogP contribution in [0.25, 0.3) is 5.76 Å². The van der Waals surface area contributed by atoms with E-state index in [4.69, 9.17) is 16.3 Å². The van der Waals surface area contributed by atoms with E-state index in [9.17, 15) is 19.1 Å². The number of ketones is 1. The molecule has 0 bridgehead atoms. The van der Waals surface area contributed by atoms with Crippen LogP contribution >= 0.6 is 34.7 Å². The van der Waals surface area contributed by atoms with Crippen molar-refractivity contribution in [1.82, 2.24) is 10.2 Å². The molecule has 11 heteroatoms. The molecule has 5 aromatic rings. The predicted molar refractivity (Wildman–Crippen MR) is 174 cm³/mol. The van der Waals surface area contributed by atoms with Crippen molar-refractivity contribution in [3.05, 3.63) is 141 Å². The first-order chi connectivity index (χ1) is 21.8. The fourth-order valence-electron chi connectivity index (χ4n) is 4.93. The number of aryl methyl sites for hydroxylation is 1. The molecule has 1 amide bonds. The number of amides is 1. The monoisotopic (exact) mass is 657 g/mol. The number of hydrogen-bond donors (Lipinski definition) is 1. The normalized spacial score (nSPS) is 15.9. The van der Waals surface area contributed by atoms with Gasteiger partial charge in [-0.3, -0.25) is 14.5 Å². The van der Waals surface area contributed by atoms with Gasteiger partial charge in [0.2, 0.25) is 5.13 Å². The minimum absolute atomic E-state index is 0.105. The summed E-state index contributed by atoms with van der Waals surface area (Å²) in [5, 5.41) is 20.4. The molecule has 1 atom stereocenters. The number of carbonyl (C=O) groups is 2. The minimum Gasteiger partial charge on any atom is -0.507 e. The topological polar surface area (TPSA) is 92.6 Å². The average molecular weight is 658 g/mol. The van der Waals surface area contributed by atoms with Crippen molar-refractivity contribution in [2.75, 3.05) is 4.90 Å². The Morgan fingerprint density at radius 2 is 1.71 bits per heavy atom. The van der Waals surface area contributed by atoms with Gasteiger partial charge in [-0.05, 0) is 71.6 Å². The molecule has 0 saturated carbocycles. The third-order valence-electron chi connectivity index (χ3n) is 7.30. The quantitative estimate of drug-likeness (QED) is 0.0562. The van der Waals surface area contributed by atoms with Crippen LogP contribution in [0.2, 0.25) is 5.02 Å². The van der Waals surface area contributed by atoms with Gasteiger partial charge >= 0.3 is 5.91 Å². The summed E-state index contributed by atoms with van der Waals surface area (Å²) in [6.07, 6.45) is 0. The second-order valence-corrected chi connectivity index (χ2v) is 12.8. The van der Waals surface area contributed by atoms with E-state index in [1.165, 1.54) is 22.7 Å². The SMILES string of the molecule is Cc1ccccc1COc1ccc(/C(O)=C2\C(=O)C(=O)N(c3nnc(SCc4ccccc4F)s3)C2c2cccc(Cl)c2)cc1. The highest BCUT2D eigenvalue weighted by atomic mass is 35.5. The Hall–Kier alpha value is -4.51. The summed E-state index contributed by atoms with van der Waals surface area (Å²) in [6, 6.07) is 26.7. The average Bonchev–Trinajstić information content (AvgIpc) is 3.62. The Morgan fingerprint density at radius 3 is 2.44 bits per heavy atom. The van der Waals surface area contributed by atoms with Crippen molar-refractivity contribution in [2.45, 2.75) is 29.7 Å². The van der Waals surface area contributed by atoms with Crippen LogP contribution < -0.4 is 9.64 Å². The van der Waals surface area contributed by atoms with Crippen molar-refractivity contribution >= 4 is 57.3 Å². The number of anilines is 1. The number of nitrogens with zero attached hydrogens (tertiary/aromatic N) is 3. The van der Waals surface area contributed by atoms with Crippen LogP contribution in [0.1, 0.15) is 33.9 Å². The highest BCUT2D eigenvalue weighted by Gasteiger charge is 2.48. The van der Waals surface area contributed by atoms with Crippen LogP contribution in [0.15, 0.2) is 107 Å². The number of halogens is 2. The van der Waals surface area contributed by atoms with Gasteiger partial charge in [-0.25, -0.2) is 4.39 Å². The van der Waals surface area contributed by atoms with Gasteiger partial charge in [0, 0.05) is 16.3 Å². The molecule has 2 heterocycles. The summed E-state index contributed by atoms with van der Waals surface area (Å²) >= 11 is 8.67. The van der Waals surface area contributed by atoms with Gasteiger partial charge in [-0.2, -0.15) is 0 Å². The number of aliphatic hydroxyl groups is 1. The number of ether oxygens (including phenoxy) is 1. The molecule has 0 aliphatic carbocycles. The number of thioether (sulfide) groups is 1. The van der Waals surface area contributed by atoms with Crippen molar-refractivity contribution in [3.8, 4) is 5.75 Å². The van der Waals surface area contributed by atoms with E-state index in [2.05, 4.69) is 10.2 Å². The summed E-state index contributed by atoms with van der Waals surface area (Å²) in [6.45, 7) is 2.39. The summed E-state index contributed by atoms with van der Waals surface area (Å²) < 4.78 is 20.5. The van der Waals surface area contributed by atoms with Crippen molar-refractivity contribution in [1.29, 1.82) is 0 Å². The zero-order valence-electron chi connectivity index (χ0n) is 23.8. The maximum atomic E-state index is 14.1. The third-order valence-corrected chi connectivity index (χ3v) is 9.64. The Morgan fingerprint density at radius 1 is 0.978 bits per heavy atom. The van der Waals surface area contributed by atoms with Crippen molar-refractivity contribution < 1.29 is 23.8 Å². The largest absolute Gasteiger partial charge is 0.507 e. The highest BCUT2D eigenvalue weighted by Crippen LogP contribution is 2.44. The lowest BCUT2D eigenvalue weighted by molar-refractivity contribution is -0.132. The molecule has 0 radical (unpaired) electrons. The fraction of sp³-hybridized carbons (Fsp3) is 0.118. The number of carbonyl (C=O) groups excluding carboxylic acids is 2. The predicted octanol–water partition coefficient (Wildman–Crippen LogP) is 8.14. The maximum absolute atomic E-state index is 14.1. The molecule has 4 aromatic carbocycles. The first-order valence-electron chi connectivity index (χ1n) is 13.8. The van der Waals surface area contributed by atoms with Gasteiger partial charge in [-0.1, -0.05) is 89.3 Å². The molecular formula is C34H25ClFN3O4S2. The van der Waals surface area contributed by atoms with Crippen LogP contribution in [0.3, 0.4) is 0 Å². The van der Waals surface area contributed by atoms with Gasteiger partial charge in [0.25, 0.3) is 5.78 Å². The molecule has 226 valence electrons. The van der Waals surface area contributed by atoms with Crippen LogP contribution in [-0.4, -0.2) is 27.0 Å². The smallest absolute Gasteiger partial charge is 0.301 e. The lowest BCUT2D eigenvalue weighted by Gasteiger charge is -2.22. The Kier molecular flexibility index (Phi) is 8.97. The standard InChI is InChI=1S/C34H25ClFN3O4S2/c1-20-7-2-3-8-23(20)18-43-26-15-13-21(14-16-26)30(40)28-29(22-10-6-11-25(35)17-22)39(32(42)31(28)41)33-37-38-34(45-33)44-19-24-9-4-5-12-27(24)36/h2-17,29,40H,18-19H2,1H3/b30-28+. The number of hydrogen-bond acceptors (Lipinski definition) is 8. The molecule has 1 aromatic heterocycles. The number of Topliss-reactive ketones (excluding diaryl/α,β-unsaturated/α-hetero) is 1. The zero-order valence-corrected chi connectivity index (χ0v) is 26.2. The Balaban J connectivity index is 1.31. The lowest BCUT2D eigenvalue weighted by atomic mass is 9.95. The second kappa shape index (κ2) is 13.2. The van der Waals surface area contributed by atoms with Crippen LogP contribution in [0, 0.1) is 12.7 Å². The van der Waals surface area contributed by atoms with Crippen LogP contribution in [-0.2, 0) is 21.9 Å². The number of benzene rings is 4. The molecule has 0 spiro atoms. The molecule has 1 fully saturated rings. The summed E-state index contributed by atoms with van der Waals surface area (Å²) in [5.74, 6) is -1.51. The summed E-state index contributed by atoms with van der Waals surface area (Å²) in [5.41, 5.74) is 3.41. The van der Waals surface area contributed by atoms with Gasteiger partial charge in [0.05, 0.1) is 11.6 Å².